The number of rotatable bonds is 6. The van der Waals surface area contributed by atoms with E-state index >= 15 is 0 Å². The standard InChI is InChI=1S/C16H19N5O2S/c1-4-10-21-11(2)19-20-16(21)24-13(12-8-6-5-7-9-12)14(22)18-15(23)17-3/h4-9,13H,1,10H2,2-3H3,(H2,17,18,22,23)/t13-/m1/s1. The minimum absolute atomic E-state index is 0.420. The Morgan fingerprint density at radius 1 is 1.33 bits per heavy atom. The van der Waals surface area contributed by atoms with Crippen molar-refractivity contribution in [3.8, 4) is 0 Å². The topological polar surface area (TPSA) is 88.9 Å². The van der Waals surface area contributed by atoms with Crippen molar-refractivity contribution in [3.63, 3.8) is 0 Å². The summed E-state index contributed by atoms with van der Waals surface area (Å²) >= 11 is 1.24. The number of imide groups is 1. The van der Waals surface area contributed by atoms with Crippen LogP contribution in [0.5, 0.6) is 0 Å². The van der Waals surface area contributed by atoms with Gasteiger partial charge in [0.05, 0.1) is 0 Å². The maximum atomic E-state index is 12.5. The molecule has 2 N–H and O–H groups in total. The van der Waals surface area contributed by atoms with Crippen molar-refractivity contribution in [3.05, 3.63) is 54.4 Å². The molecule has 24 heavy (non-hydrogen) atoms. The fourth-order valence-electron chi connectivity index (χ4n) is 2.03. The van der Waals surface area contributed by atoms with Gasteiger partial charge in [0.2, 0.25) is 5.91 Å². The van der Waals surface area contributed by atoms with Crippen LogP contribution in [0.2, 0.25) is 0 Å². The Hall–Kier alpha value is -2.61. The number of allylic oxidation sites excluding steroid dienone is 1. The SMILES string of the molecule is C=CCn1c(C)nnc1S[C@@H](C(=O)NC(=O)NC)c1ccccc1. The van der Waals surface area contributed by atoms with E-state index in [0.717, 1.165) is 11.4 Å². The average molecular weight is 345 g/mol. The predicted octanol–water partition coefficient (Wildman–Crippen LogP) is 2.06. The normalized spacial score (nSPS) is 11.6. The molecule has 7 nitrogen and oxygen atoms in total. The summed E-state index contributed by atoms with van der Waals surface area (Å²) in [6.45, 7) is 6.10. The third kappa shape index (κ3) is 4.23. The maximum Gasteiger partial charge on any atom is 0.321 e. The van der Waals surface area contributed by atoms with Gasteiger partial charge in [0.15, 0.2) is 5.16 Å². The van der Waals surface area contributed by atoms with Crippen LogP contribution in [0.4, 0.5) is 4.79 Å². The third-order valence-electron chi connectivity index (χ3n) is 3.24. The molecule has 0 saturated heterocycles. The molecular formula is C16H19N5O2S. The number of urea groups is 1. The highest BCUT2D eigenvalue weighted by Gasteiger charge is 2.26. The molecule has 0 radical (unpaired) electrons. The second kappa shape index (κ2) is 8.30. The van der Waals surface area contributed by atoms with E-state index in [9.17, 15) is 9.59 Å². The number of benzene rings is 1. The van der Waals surface area contributed by atoms with Crippen molar-refractivity contribution in [1.29, 1.82) is 0 Å². The highest BCUT2D eigenvalue weighted by Crippen LogP contribution is 2.34. The van der Waals surface area contributed by atoms with Gasteiger partial charge >= 0.3 is 6.03 Å². The van der Waals surface area contributed by atoms with Crippen LogP contribution in [0.15, 0.2) is 48.1 Å². The molecule has 2 rings (SSSR count). The molecule has 0 spiro atoms. The average Bonchev–Trinajstić information content (AvgIpc) is 2.93. The van der Waals surface area contributed by atoms with Crippen molar-refractivity contribution < 1.29 is 9.59 Å². The van der Waals surface area contributed by atoms with Crippen LogP contribution in [0.3, 0.4) is 0 Å². The third-order valence-corrected chi connectivity index (χ3v) is 4.48. The Bertz CT molecular complexity index is 729. The van der Waals surface area contributed by atoms with Gasteiger partial charge in [0, 0.05) is 13.6 Å². The largest absolute Gasteiger partial charge is 0.341 e. The van der Waals surface area contributed by atoms with Gasteiger partial charge in [-0.2, -0.15) is 0 Å². The lowest BCUT2D eigenvalue weighted by atomic mass is 10.1. The lowest BCUT2D eigenvalue weighted by molar-refractivity contribution is -0.119. The maximum absolute atomic E-state index is 12.5. The van der Waals surface area contributed by atoms with Crippen LogP contribution in [0.1, 0.15) is 16.6 Å². The fraction of sp³-hybridized carbons (Fsp3) is 0.250. The van der Waals surface area contributed by atoms with E-state index in [4.69, 9.17) is 0 Å². The monoisotopic (exact) mass is 345 g/mol. The molecule has 0 aliphatic carbocycles. The fourth-order valence-corrected chi connectivity index (χ4v) is 3.13. The van der Waals surface area contributed by atoms with Crippen molar-refractivity contribution in [2.75, 3.05) is 7.05 Å². The lowest BCUT2D eigenvalue weighted by Gasteiger charge is -2.16. The number of thioether (sulfide) groups is 1. The Balaban J connectivity index is 2.31. The zero-order chi connectivity index (χ0) is 17.5. The number of hydrogen-bond donors (Lipinski definition) is 2. The first-order chi connectivity index (χ1) is 11.6. The van der Waals surface area contributed by atoms with Crippen molar-refractivity contribution in [2.24, 2.45) is 0 Å². The van der Waals surface area contributed by atoms with E-state index in [0.29, 0.717) is 11.7 Å². The van der Waals surface area contributed by atoms with E-state index in [-0.39, 0.29) is 0 Å². The van der Waals surface area contributed by atoms with Gasteiger partial charge in [0.1, 0.15) is 11.1 Å². The van der Waals surface area contributed by atoms with Crippen LogP contribution in [-0.2, 0) is 11.3 Å². The lowest BCUT2D eigenvalue weighted by Crippen LogP contribution is -2.39. The van der Waals surface area contributed by atoms with Gasteiger partial charge in [-0.05, 0) is 12.5 Å². The highest BCUT2D eigenvalue weighted by molar-refractivity contribution is 8.00. The molecule has 2 aromatic rings. The zero-order valence-electron chi connectivity index (χ0n) is 13.5. The minimum atomic E-state index is -0.629. The number of aryl methyl sites for hydroxylation is 1. The smallest absolute Gasteiger partial charge is 0.321 e. The summed E-state index contributed by atoms with van der Waals surface area (Å²) in [6, 6.07) is 8.67. The van der Waals surface area contributed by atoms with E-state index in [1.807, 2.05) is 41.8 Å². The Morgan fingerprint density at radius 2 is 2.04 bits per heavy atom. The molecule has 3 amide bonds. The summed E-state index contributed by atoms with van der Waals surface area (Å²) in [5.74, 6) is 0.312. The molecule has 0 unspecified atom stereocenters. The summed E-state index contributed by atoms with van der Waals surface area (Å²) in [5, 5.41) is 12.8. The van der Waals surface area contributed by atoms with E-state index in [1.54, 1.807) is 6.08 Å². The van der Waals surface area contributed by atoms with E-state index < -0.39 is 17.2 Å². The highest BCUT2D eigenvalue weighted by atomic mass is 32.2. The predicted molar refractivity (Wildman–Crippen MR) is 92.6 cm³/mol. The van der Waals surface area contributed by atoms with Gasteiger partial charge in [0.25, 0.3) is 0 Å². The minimum Gasteiger partial charge on any atom is -0.341 e. The summed E-state index contributed by atoms with van der Waals surface area (Å²) in [7, 11) is 1.46. The number of nitrogens with zero attached hydrogens (tertiary/aromatic N) is 3. The molecule has 0 aliphatic rings. The van der Waals surface area contributed by atoms with E-state index in [2.05, 4.69) is 27.4 Å². The number of aromatic nitrogens is 3. The van der Waals surface area contributed by atoms with Gasteiger partial charge < -0.3 is 9.88 Å². The molecule has 0 aliphatic heterocycles. The summed E-state index contributed by atoms with van der Waals surface area (Å²) < 4.78 is 1.86. The Kier molecular flexibility index (Phi) is 6.14. The van der Waals surface area contributed by atoms with Gasteiger partial charge in [-0.1, -0.05) is 48.2 Å². The van der Waals surface area contributed by atoms with Crippen LogP contribution in [0, 0.1) is 6.92 Å². The number of hydrogen-bond acceptors (Lipinski definition) is 5. The molecule has 1 heterocycles. The first-order valence-corrected chi connectivity index (χ1v) is 8.19. The Morgan fingerprint density at radius 3 is 2.67 bits per heavy atom. The molecule has 0 bridgehead atoms. The Labute approximate surface area is 144 Å². The number of carbonyl (C=O) groups excluding carboxylic acids is 2. The van der Waals surface area contributed by atoms with Crippen LogP contribution in [0.25, 0.3) is 0 Å². The first kappa shape index (κ1) is 17.7. The van der Waals surface area contributed by atoms with Crippen molar-refractivity contribution in [2.45, 2.75) is 23.9 Å². The summed E-state index contributed by atoms with van der Waals surface area (Å²) in [6.07, 6.45) is 1.74. The molecular weight excluding hydrogens is 326 g/mol. The number of amides is 3. The molecule has 8 heteroatoms. The summed E-state index contributed by atoms with van der Waals surface area (Å²) in [4.78, 5) is 24.0. The molecule has 1 aromatic heterocycles. The first-order valence-electron chi connectivity index (χ1n) is 7.31. The van der Waals surface area contributed by atoms with E-state index in [1.165, 1.54) is 18.8 Å². The second-order valence-corrected chi connectivity index (χ2v) is 5.98. The number of carbonyl (C=O) groups is 2. The number of nitrogens with one attached hydrogen (secondary N) is 2. The van der Waals surface area contributed by atoms with Gasteiger partial charge in [-0.3, -0.25) is 10.1 Å². The molecule has 126 valence electrons. The van der Waals surface area contributed by atoms with Crippen molar-refractivity contribution >= 4 is 23.7 Å². The second-order valence-electron chi connectivity index (χ2n) is 4.91. The van der Waals surface area contributed by atoms with Crippen LogP contribution in [-0.4, -0.2) is 33.8 Å². The molecule has 0 saturated carbocycles. The van der Waals surface area contributed by atoms with Crippen LogP contribution >= 0.6 is 11.8 Å². The quantitative estimate of drug-likeness (QED) is 0.618. The zero-order valence-corrected chi connectivity index (χ0v) is 14.3. The van der Waals surface area contributed by atoms with Crippen molar-refractivity contribution in [1.82, 2.24) is 25.4 Å². The summed E-state index contributed by atoms with van der Waals surface area (Å²) in [5.41, 5.74) is 0.773. The molecule has 1 atom stereocenters. The molecule has 1 aromatic carbocycles. The van der Waals surface area contributed by atoms with Gasteiger partial charge in [-0.25, -0.2) is 4.79 Å². The molecule has 0 fully saturated rings. The van der Waals surface area contributed by atoms with Crippen LogP contribution < -0.4 is 10.6 Å². The van der Waals surface area contributed by atoms with Gasteiger partial charge in [-0.15, -0.1) is 16.8 Å².